The summed E-state index contributed by atoms with van der Waals surface area (Å²) in [4.78, 5) is 18.5. The third-order valence-electron chi connectivity index (χ3n) is 7.37. The molecule has 1 atom stereocenters. The number of rotatable bonds is 7. The molecule has 3 nitrogen and oxygen atoms in total. The summed E-state index contributed by atoms with van der Waals surface area (Å²) in [5, 5.41) is 0. The van der Waals surface area contributed by atoms with Crippen LogP contribution < -0.4 is 4.74 Å². The summed E-state index contributed by atoms with van der Waals surface area (Å²) in [6, 6.07) is 14.8. The first-order valence-corrected chi connectivity index (χ1v) is 13.0. The van der Waals surface area contributed by atoms with E-state index in [1.54, 1.807) is 0 Å². The van der Waals surface area contributed by atoms with E-state index in [9.17, 15) is 4.79 Å². The van der Waals surface area contributed by atoms with Gasteiger partial charge in [0.25, 0.3) is 0 Å². The molecule has 4 heteroatoms. The van der Waals surface area contributed by atoms with Crippen LogP contribution in [0, 0.1) is 25.7 Å². The van der Waals surface area contributed by atoms with Crippen molar-refractivity contribution in [3.8, 4) is 5.75 Å². The molecule has 33 heavy (non-hydrogen) atoms. The van der Waals surface area contributed by atoms with E-state index in [0.29, 0.717) is 18.3 Å². The molecule has 0 saturated heterocycles. The van der Waals surface area contributed by atoms with Crippen LogP contribution in [0.25, 0.3) is 0 Å². The maximum Gasteiger partial charge on any atom is 0.167 e. The Balaban J connectivity index is 1.28. The molecule has 2 aliphatic carbocycles. The number of hydrogen-bond acceptors (Lipinski definition) is 4. The van der Waals surface area contributed by atoms with Crippen LogP contribution in [0.3, 0.4) is 0 Å². The van der Waals surface area contributed by atoms with Crippen LogP contribution >= 0.6 is 11.8 Å². The Bertz CT molecular complexity index is 1150. The first-order valence-electron chi connectivity index (χ1n) is 12.0. The molecule has 2 aliphatic rings. The normalized spacial score (nSPS) is 18.0. The van der Waals surface area contributed by atoms with Crippen molar-refractivity contribution in [2.45, 2.75) is 63.2 Å². The van der Waals surface area contributed by atoms with Crippen LogP contribution in [0.15, 0.2) is 59.8 Å². The van der Waals surface area contributed by atoms with Gasteiger partial charge in [0.2, 0.25) is 0 Å². The molecular formula is C29H31NO2S. The molecule has 1 aromatic heterocycles. The number of Topliss-reactive ketones (excluding diaryl/α,β-unsaturated/α-hetero) is 1. The summed E-state index contributed by atoms with van der Waals surface area (Å²) in [5.74, 6) is 2.97. The number of thioether (sulfide) groups is 1. The molecule has 0 N–H and O–H groups in total. The highest BCUT2D eigenvalue weighted by molar-refractivity contribution is 7.98. The van der Waals surface area contributed by atoms with Gasteiger partial charge in [0.1, 0.15) is 12.4 Å². The first kappa shape index (κ1) is 22.2. The Kier molecular flexibility index (Phi) is 6.55. The number of nitrogens with zero attached hydrogens (tertiary/aromatic N) is 1. The van der Waals surface area contributed by atoms with Gasteiger partial charge in [-0.25, -0.2) is 0 Å². The lowest BCUT2D eigenvalue weighted by Gasteiger charge is -2.16. The predicted molar refractivity (Wildman–Crippen MR) is 134 cm³/mol. The van der Waals surface area contributed by atoms with Crippen LogP contribution in [0.4, 0.5) is 0 Å². The standard InChI is InChI=1S/C29H31NO2S/c1-19-20(2)28-24(15-26(29(28)31)23-8-3-4-9-23)16-27(19)32-17-21-6-5-7-22(14-21)18-33-25-10-12-30-13-11-25/h5-7,10-14,16,23,26H,3-4,8-9,15,17-18H2,1-2H3. The highest BCUT2D eigenvalue weighted by Crippen LogP contribution is 2.43. The highest BCUT2D eigenvalue weighted by atomic mass is 32.2. The van der Waals surface area contributed by atoms with Crippen LogP contribution in [0.1, 0.15) is 63.9 Å². The zero-order valence-electron chi connectivity index (χ0n) is 19.5. The maximum absolute atomic E-state index is 13.2. The van der Waals surface area contributed by atoms with Gasteiger partial charge in [0.15, 0.2) is 5.78 Å². The van der Waals surface area contributed by atoms with Crippen molar-refractivity contribution in [3.05, 3.63) is 88.2 Å². The van der Waals surface area contributed by atoms with E-state index in [1.807, 2.05) is 36.3 Å². The molecule has 0 bridgehead atoms. The first-order chi connectivity index (χ1) is 16.1. The summed E-state index contributed by atoms with van der Waals surface area (Å²) in [6.07, 6.45) is 9.52. The number of carbonyl (C=O) groups excluding carboxylic acids is 1. The lowest BCUT2D eigenvalue weighted by molar-refractivity contribution is 0.0894. The molecule has 1 fully saturated rings. The third kappa shape index (κ3) is 4.72. The third-order valence-corrected chi connectivity index (χ3v) is 8.45. The van der Waals surface area contributed by atoms with Crippen molar-refractivity contribution in [1.29, 1.82) is 0 Å². The smallest absolute Gasteiger partial charge is 0.167 e. The molecule has 0 radical (unpaired) electrons. The second kappa shape index (κ2) is 9.72. The zero-order valence-corrected chi connectivity index (χ0v) is 20.3. The Hall–Kier alpha value is -2.59. The van der Waals surface area contributed by atoms with E-state index in [2.05, 4.69) is 49.2 Å². The number of benzene rings is 2. The van der Waals surface area contributed by atoms with E-state index < -0.39 is 0 Å². The average Bonchev–Trinajstić information content (AvgIpc) is 3.48. The quantitative estimate of drug-likeness (QED) is 0.354. The van der Waals surface area contributed by atoms with Crippen molar-refractivity contribution in [1.82, 2.24) is 4.98 Å². The van der Waals surface area contributed by atoms with Crippen molar-refractivity contribution in [2.24, 2.45) is 11.8 Å². The minimum Gasteiger partial charge on any atom is -0.489 e. The topological polar surface area (TPSA) is 39.2 Å². The second-order valence-corrected chi connectivity index (χ2v) is 10.5. The largest absolute Gasteiger partial charge is 0.489 e. The van der Waals surface area contributed by atoms with E-state index in [4.69, 9.17) is 4.74 Å². The van der Waals surface area contributed by atoms with E-state index in [-0.39, 0.29) is 5.92 Å². The highest BCUT2D eigenvalue weighted by Gasteiger charge is 2.39. The number of ketones is 1. The van der Waals surface area contributed by atoms with Gasteiger partial charge < -0.3 is 4.74 Å². The molecule has 1 heterocycles. The SMILES string of the molecule is Cc1c(OCc2cccc(CSc3ccncc3)c2)cc2c(c1C)C(=O)C(C1CCCC1)C2. The van der Waals surface area contributed by atoms with Gasteiger partial charge in [-0.2, -0.15) is 0 Å². The monoisotopic (exact) mass is 457 g/mol. The number of aromatic nitrogens is 1. The predicted octanol–water partition coefficient (Wildman–Crippen LogP) is 7.11. The molecule has 170 valence electrons. The molecule has 0 aliphatic heterocycles. The van der Waals surface area contributed by atoms with Gasteiger partial charge in [-0.05, 0) is 85.0 Å². The van der Waals surface area contributed by atoms with Crippen LogP contribution in [0.2, 0.25) is 0 Å². The van der Waals surface area contributed by atoms with Gasteiger partial charge >= 0.3 is 0 Å². The summed E-state index contributed by atoms with van der Waals surface area (Å²) >= 11 is 1.81. The summed E-state index contributed by atoms with van der Waals surface area (Å²) < 4.78 is 6.32. The number of ether oxygens (including phenoxy) is 1. The van der Waals surface area contributed by atoms with E-state index in [1.165, 1.54) is 47.3 Å². The van der Waals surface area contributed by atoms with Crippen LogP contribution in [-0.4, -0.2) is 10.8 Å². The number of pyridine rings is 1. The van der Waals surface area contributed by atoms with E-state index >= 15 is 0 Å². The van der Waals surface area contributed by atoms with Gasteiger partial charge in [0.05, 0.1) is 0 Å². The van der Waals surface area contributed by atoms with Crippen molar-refractivity contribution < 1.29 is 9.53 Å². The zero-order chi connectivity index (χ0) is 22.8. The molecule has 0 amide bonds. The summed E-state index contributed by atoms with van der Waals surface area (Å²) in [5.41, 5.74) is 6.82. The Morgan fingerprint density at radius 2 is 1.76 bits per heavy atom. The summed E-state index contributed by atoms with van der Waals surface area (Å²) in [6.45, 7) is 4.71. The molecular weight excluding hydrogens is 426 g/mol. The van der Waals surface area contributed by atoms with Crippen LogP contribution in [0.5, 0.6) is 5.75 Å². The summed E-state index contributed by atoms with van der Waals surface area (Å²) in [7, 11) is 0. The van der Waals surface area contributed by atoms with Crippen molar-refractivity contribution in [3.63, 3.8) is 0 Å². The van der Waals surface area contributed by atoms with Gasteiger partial charge in [-0.3, -0.25) is 9.78 Å². The lowest BCUT2D eigenvalue weighted by Crippen LogP contribution is -2.18. The second-order valence-electron chi connectivity index (χ2n) is 9.46. The lowest BCUT2D eigenvalue weighted by atomic mass is 9.87. The fraction of sp³-hybridized carbons (Fsp3) is 0.379. The maximum atomic E-state index is 13.2. The molecule has 1 saturated carbocycles. The molecule has 3 aromatic rings. The van der Waals surface area contributed by atoms with Crippen LogP contribution in [-0.2, 0) is 18.8 Å². The minimum atomic E-state index is 0.186. The Labute approximate surface area is 201 Å². The molecule has 0 spiro atoms. The molecule has 5 rings (SSSR count). The number of carbonyl (C=O) groups is 1. The molecule has 2 aromatic carbocycles. The fourth-order valence-electron chi connectivity index (χ4n) is 5.43. The fourth-order valence-corrected chi connectivity index (χ4v) is 6.26. The molecule has 1 unspecified atom stereocenters. The van der Waals surface area contributed by atoms with Gasteiger partial charge in [0, 0.05) is 34.5 Å². The number of fused-ring (bicyclic) bond motifs is 1. The average molecular weight is 458 g/mol. The van der Waals surface area contributed by atoms with E-state index in [0.717, 1.165) is 34.6 Å². The van der Waals surface area contributed by atoms with Gasteiger partial charge in [-0.15, -0.1) is 11.8 Å². The van der Waals surface area contributed by atoms with Gasteiger partial charge in [-0.1, -0.05) is 37.1 Å². The minimum absolute atomic E-state index is 0.186. The number of hydrogen-bond donors (Lipinski definition) is 0. The van der Waals surface area contributed by atoms with Crippen molar-refractivity contribution >= 4 is 17.5 Å². The van der Waals surface area contributed by atoms with Crippen molar-refractivity contribution in [2.75, 3.05) is 0 Å². The Morgan fingerprint density at radius 3 is 2.55 bits per heavy atom. The Morgan fingerprint density at radius 1 is 1.00 bits per heavy atom.